The number of fused-ring (bicyclic) bond motifs is 6. The van der Waals surface area contributed by atoms with Crippen molar-refractivity contribution in [3.8, 4) is 44.9 Å². The van der Waals surface area contributed by atoms with Crippen LogP contribution in [0.15, 0.2) is 138 Å². The first-order valence-electron chi connectivity index (χ1n) is 19.0. The molecule has 2 heterocycles. The predicted octanol–water partition coefficient (Wildman–Crippen LogP) is 11.0. The summed E-state index contributed by atoms with van der Waals surface area (Å²) in [7, 11) is 0. The quantitative estimate of drug-likeness (QED) is 0.225. The Bertz CT molecular complexity index is 3020. The van der Waals surface area contributed by atoms with Gasteiger partial charge in [-0.3, -0.25) is 0 Å². The van der Waals surface area contributed by atoms with Crippen LogP contribution >= 0.6 is 0 Å². The van der Waals surface area contributed by atoms with Gasteiger partial charge in [0.25, 0.3) is 0 Å². The molecule has 0 fully saturated rings. The van der Waals surface area contributed by atoms with Crippen molar-refractivity contribution in [3.63, 3.8) is 0 Å². The SMILES string of the molecule is [2H]c1c([2H])c([2H])c2c(c1[2H])Oc1c([2H])c([2H])c([2H])c3c([2H])c(-c4c([2H])c([2H])c([2H])c([2H])c4-c4cccc5oc6cc7ccccc7cc6c45)c([2H])c-2c13. The van der Waals surface area contributed by atoms with Gasteiger partial charge in [0.05, 0.1) is 17.8 Å². The van der Waals surface area contributed by atoms with Crippen LogP contribution in [-0.4, -0.2) is 0 Å². The highest BCUT2D eigenvalue weighted by Crippen LogP contribution is 2.49. The van der Waals surface area contributed by atoms with Crippen molar-refractivity contribution < 1.29 is 27.0 Å². The molecule has 40 heavy (non-hydrogen) atoms. The van der Waals surface area contributed by atoms with Gasteiger partial charge in [0.1, 0.15) is 22.7 Å². The number of hydrogen-bond acceptors (Lipinski definition) is 2. The molecule has 1 aliphatic heterocycles. The molecule has 1 aliphatic rings. The lowest BCUT2D eigenvalue weighted by molar-refractivity contribution is 0.487. The van der Waals surface area contributed by atoms with E-state index in [9.17, 15) is 5.48 Å². The standard InChI is InChI=1S/C38H22O2/c1-2-10-24-22-36-32(20-23(24)9-1)38-30(15-8-18-35(38)40-36)28-13-4-3-12-27(28)26-19-25-11-7-17-34-37(25)31(21-26)29-14-5-6-16-33(29)39-34/h1-22H/i3D,4D,5D,6D,7D,11D,12D,13D,14D,16D,17D,19D,21D. The Morgan fingerprint density at radius 3 is 2.17 bits per heavy atom. The molecule has 0 unspecified atom stereocenters. The fourth-order valence-corrected chi connectivity index (χ4v) is 5.53. The van der Waals surface area contributed by atoms with E-state index >= 15 is 0 Å². The summed E-state index contributed by atoms with van der Waals surface area (Å²) in [5, 5.41) is 2.56. The van der Waals surface area contributed by atoms with Gasteiger partial charge in [0.15, 0.2) is 0 Å². The Morgan fingerprint density at radius 2 is 1.27 bits per heavy atom. The van der Waals surface area contributed by atoms with E-state index in [0.717, 1.165) is 10.8 Å². The molecule has 2 heteroatoms. The molecule has 1 aromatic heterocycles. The summed E-state index contributed by atoms with van der Waals surface area (Å²) >= 11 is 0. The van der Waals surface area contributed by atoms with Gasteiger partial charge in [-0.1, -0.05) is 90.8 Å². The van der Waals surface area contributed by atoms with Crippen molar-refractivity contribution in [2.75, 3.05) is 0 Å². The van der Waals surface area contributed by atoms with E-state index in [2.05, 4.69) is 0 Å². The van der Waals surface area contributed by atoms with Crippen LogP contribution in [-0.2, 0) is 0 Å². The minimum Gasteiger partial charge on any atom is -0.456 e. The third-order valence-corrected chi connectivity index (χ3v) is 7.27. The van der Waals surface area contributed by atoms with Crippen molar-refractivity contribution in [1.82, 2.24) is 0 Å². The smallest absolute Gasteiger partial charge is 0.136 e. The molecule has 0 spiro atoms. The monoisotopic (exact) mass is 523 g/mol. The summed E-state index contributed by atoms with van der Waals surface area (Å²) in [6.07, 6.45) is 0. The van der Waals surface area contributed by atoms with Crippen LogP contribution in [0.5, 0.6) is 11.5 Å². The van der Waals surface area contributed by atoms with E-state index in [0.29, 0.717) is 27.5 Å². The highest BCUT2D eigenvalue weighted by molar-refractivity contribution is 6.17. The molecule has 0 N–H and O–H groups in total. The lowest BCUT2D eigenvalue weighted by atomic mass is 9.87. The molecule has 0 aliphatic carbocycles. The van der Waals surface area contributed by atoms with Crippen LogP contribution in [0.3, 0.4) is 0 Å². The average molecular weight is 524 g/mol. The lowest BCUT2D eigenvalue weighted by Crippen LogP contribution is -1.97. The van der Waals surface area contributed by atoms with Crippen molar-refractivity contribution >= 4 is 43.5 Å². The molecule has 0 saturated heterocycles. The molecular weight excluding hydrogens is 488 g/mol. The van der Waals surface area contributed by atoms with Gasteiger partial charge in [-0.25, -0.2) is 0 Å². The molecular formula is C38H22O2. The summed E-state index contributed by atoms with van der Waals surface area (Å²) in [6.45, 7) is 0. The maximum atomic E-state index is 9.69. The normalized spacial score (nSPS) is 16.8. The van der Waals surface area contributed by atoms with Crippen LogP contribution in [0.25, 0.3) is 76.9 Å². The minimum atomic E-state index is -0.656. The van der Waals surface area contributed by atoms with Gasteiger partial charge in [-0.15, -0.1) is 0 Å². The Balaban J connectivity index is 1.50. The Morgan fingerprint density at radius 1 is 0.500 bits per heavy atom. The van der Waals surface area contributed by atoms with Crippen LogP contribution < -0.4 is 4.74 Å². The van der Waals surface area contributed by atoms with E-state index < -0.39 is 84.3 Å². The highest BCUT2D eigenvalue weighted by atomic mass is 16.5. The molecule has 0 atom stereocenters. The van der Waals surface area contributed by atoms with Crippen molar-refractivity contribution in [3.05, 3.63) is 133 Å². The molecule has 0 saturated carbocycles. The number of furan rings is 1. The van der Waals surface area contributed by atoms with Crippen molar-refractivity contribution in [2.45, 2.75) is 0 Å². The first-order chi connectivity index (χ1) is 25.2. The van der Waals surface area contributed by atoms with E-state index in [1.807, 2.05) is 36.4 Å². The molecule has 9 rings (SSSR count). The summed E-state index contributed by atoms with van der Waals surface area (Å²) in [6, 6.07) is 8.82. The van der Waals surface area contributed by atoms with E-state index in [1.54, 1.807) is 18.2 Å². The number of hydrogen-bond donors (Lipinski definition) is 0. The second kappa shape index (κ2) is 8.08. The summed E-state index contributed by atoms with van der Waals surface area (Å²) < 4.78 is 128. The summed E-state index contributed by atoms with van der Waals surface area (Å²) in [5.41, 5.74) is 0.0805. The zero-order chi connectivity index (χ0) is 37.5. The maximum absolute atomic E-state index is 9.69. The highest BCUT2D eigenvalue weighted by Gasteiger charge is 2.22. The van der Waals surface area contributed by atoms with Gasteiger partial charge in [-0.2, -0.15) is 0 Å². The minimum absolute atomic E-state index is 0.0665. The number of benzene rings is 7. The van der Waals surface area contributed by atoms with Gasteiger partial charge in [-0.05, 0) is 86.3 Å². The second-order valence-corrected chi connectivity index (χ2v) is 9.49. The van der Waals surface area contributed by atoms with Crippen LogP contribution in [0, 0.1) is 0 Å². The Kier molecular flexibility index (Phi) is 2.56. The first kappa shape index (κ1) is 12.7. The average Bonchev–Trinajstić information content (AvgIpc) is 3.52. The molecule has 7 aromatic carbocycles. The molecule has 0 bridgehead atoms. The Hall–Kier alpha value is -5.34. The van der Waals surface area contributed by atoms with Gasteiger partial charge in [0, 0.05) is 21.7 Å². The molecule has 8 aromatic rings. The summed E-state index contributed by atoms with van der Waals surface area (Å²) in [4.78, 5) is 0. The van der Waals surface area contributed by atoms with Crippen molar-refractivity contribution in [2.24, 2.45) is 0 Å². The lowest BCUT2D eigenvalue weighted by Gasteiger charge is -2.22. The van der Waals surface area contributed by atoms with Gasteiger partial charge >= 0.3 is 0 Å². The number of para-hydroxylation sites is 1. The first-order valence-corrected chi connectivity index (χ1v) is 12.5. The van der Waals surface area contributed by atoms with Gasteiger partial charge in [0.2, 0.25) is 0 Å². The van der Waals surface area contributed by atoms with Crippen molar-refractivity contribution in [1.29, 1.82) is 0 Å². The largest absolute Gasteiger partial charge is 0.456 e. The fraction of sp³-hybridized carbons (Fsp3) is 0. The van der Waals surface area contributed by atoms with E-state index in [4.69, 9.17) is 21.5 Å². The zero-order valence-electron chi connectivity index (χ0n) is 33.5. The van der Waals surface area contributed by atoms with E-state index in [1.165, 1.54) is 0 Å². The summed E-state index contributed by atoms with van der Waals surface area (Å²) in [5.74, 6) is -0.774. The fourth-order valence-electron chi connectivity index (χ4n) is 5.53. The third kappa shape index (κ3) is 3.05. The Labute approximate surface area is 248 Å². The zero-order valence-corrected chi connectivity index (χ0v) is 20.5. The third-order valence-electron chi connectivity index (χ3n) is 7.27. The molecule has 0 radical (unpaired) electrons. The van der Waals surface area contributed by atoms with Gasteiger partial charge < -0.3 is 9.15 Å². The van der Waals surface area contributed by atoms with E-state index in [-0.39, 0.29) is 44.3 Å². The predicted molar refractivity (Wildman–Crippen MR) is 165 cm³/mol. The molecule has 2 nitrogen and oxygen atoms in total. The molecule has 186 valence electrons. The van der Waals surface area contributed by atoms with Crippen LogP contribution in [0.1, 0.15) is 17.8 Å². The maximum Gasteiger partial charge on any atom is 0.136 e. The van der Waals surface area contributed by atoms with Crippen LogP contribution in [0.4, 0.5) is 0 Å². The number of rotatable bonds is 2. The topological polar surface area (TPSA) is 22.4 Å². The second-order valence-electron chi connectivity index (χ2n) is 9.49. The molecule has 0 amide bonds. The van der Waals surface area contributed by atoms with Crippen LogP contribution in [0.2, 0.25) is 0 Å². The number of ether oxygens (including phenoxy) is 1.